The third-order valence-electron chi connectivity index (χ3n) is 5.16. The molecule has 4 rings (SSSR count). The molecular formula is C21H22ClN3O3S2. The van der Waals surface area contributed by atoms with Crippen molar-refractivity contribution in [2.24, 2.45) is 4.99 Å². The first-order valence-corrected chi connectivity index (χ1v) is 12.7. The molecule has 0 radical (unpaired) electrons. The number of nitrogens with zero attached hydrogens (tertiary/aromatic N) is 2. The lowest BCUT2D eigenvalue weighted by atomic mass is 10.1. The molecule has 2 aromatic rings. The third kappa shape index (κ3) is 4.50. The zero-order chi connectivity index (χ0) is 21.5. The number of rotatable bonds is 4. The quantitative estimate of drug-likeness (QED) is 0.748. The van der Waals surface area contributed by atoms with Crippen LogP contribution in [0, 0.1) is 13.8 Å². The number of carbonyl (C=O) groups is 1. The molecule has 2 aromatic carbocycles. The van der Waals surface area contributed by atoms with Gasteiger partial charge in [0.15, 0.2) is 15.0 Å². The van der Waals surface area contributed by atoms with Gasteiger partial charge in [-0.3, -0.25) is 9.79 Å². The van der Waals surface area contributed by atoms with Gasteiger partial charge in [0.2, 0.25) is 5.91 Å². The Bertz CT molecular complexity index is 1130. The van der Waals surface area contributed by atoms with Crippen LogP contribution in [0.15, 0.2) is 47.5 Å². The Morgan fingerprint density at radius 3 is 2.77 bits per heavy atom. The van der Waals surface area contributed by atoms with Gasteiger partial charge in [0, 0.05) is 16.4 Å². The molecule has 0 saturated carbocycles. The normalized spacial score (nSPS) is 22.0. The Labute approximate surface area is 185 Å². The maximum absolute atomic E-state index is 12.4. The fourth-order valence-corrected chi connectivity index (χ4v) is 6.83. The molecule has 1 saturated heterocycles. The fourth-order valence-electron chi connectivity index (χ4n) is 3.88. The molecule has 2 aliphatic rings. The summed E-state index contributed by atoms with van der Waals surface area (Å²) in [5.74, 6) is 0.125. The van der Waals surface area contributed by atoms with E-state index in [2.05, 4.69) is 16.4 Å². The first-order chi connectivity index (χ1) is 14.2. The van der Waals surface area contributed by atoms with Gasteiger partial charge in [0.05, 0.1) is 29.3 Å². The number of benzene rings is 2. The van der Waals surface area contributed by atoms with Gasteiger partial charge in [-0.1, -0.05) is 47.1 Å². The van der Waals surface area contributed by atoms with Crippen molar-refractivity contribution >= 4 is 55.6 Å². The van der Waals surface area contributed by atoms with E-state index in [1.807, 2.05) is 30.9 Å². The van der Waals surface area contributed by atoms with Gasteiger partial charge in [-0.15, -0.1) is 0 Å². The summed E-state index contributed by atoms with van der Waals surface area (Å²) in [7, 11) is -3.12. The van der Waals surface area contributed by atoms with Gasteiger partial charge in [0.25, 0.3) is 0 Å². The van der Waals surface area contributed by atoms with Gasteiger partial charge in [-0.2, -0.15) is 0 Å². The maximum atomic E-state index is 12.4. The van der Waals surface area contributed by atoms with Gasteiger partial charge < -0.3 is 10.2 Å². The van der Waals surface area contributed by atoms with E-state index >= 15 is 0 Å². The smallest absolute Gasteiger partial charge is 0.234 e. The number of hydrogen-bond acceptors (Lipinski definition) is 6. The number of halogens is 1. The highest BCUT2D eigenvalue weighted by Crippen LogP contribution is 2.36. The molecule has 9 heteroatoms. The molecule has 1 N–H and O–H groups in total. The van der Waals surface area contributed by atoms with Crippen molar-refractivity contribution in [2.75, 3.05) is 27.5 Å². The molecule has 2 aliphatic heterocycles. The van der Waals surface area contributed by atoms with Gasteiger partial charge in [-0.25, -0.2) is 8.42 Å². The lowest BCUT2D eigenvalue weighted by Gasteiger charge is -2.28. The van der Waals surface area contributed by atoms with Crippen LogP contribution in [0.3, 0.4) is 0 Å². The Morgan fingerprint density at radius 1 is 1.23 bits per heavy atom. The molecule has 158 valence electrons. The van der Waals surface area contributed by atoms with E-state index in [1.54, 1.807) is 24.3 Å². The van der Waals surface area contributed by atoms with Crippen LogP contribution >= 0.6 is 23.4 Å². The molecule has 6 nitrogen and oxygen atoms in total. The number of carbonyl (C=O) groups excluding carboxylic acids is 1. The predicted octanol–water partition coefficient (Wildman–Crippen LogP) is 3.67. The second kappa shape index (κ2) is 8.24. The molecule has 2 atom stereocenters. The molecule has 1 fully saturated rings. The maximum Gasteiger partial charge on any atom is 0.234 e. The number of sulfone groups is 1. The van der Waals surface area contributed by atoms with Crippen molar-refractivity contribution in [2.45, 2.75) is 25.9 Å². The summed E-state index contributed by atoms with van der Waals surface area (Å²) in [6.45, 7) is 4.03. The van der Waals surface area contributed by atoms with Crippen molar-refractivity contribution in [3.8, 4) is 0 Å². The van der Waals surface area contributed by atoms with E-state index in [1.165, 1.54) is 11.8 Å². The van der Waals surface area contributed by atoms with E-state index < -0.39 is 9.84 Å². The van der Waals surface area contributed by atoms with E-state index in [4.69, 9.17) is 11.6 Å². The number of amidine groups is 1. The molecule has 0 aromatic heterocycles. The molecule has 30 heavy (non-hydrogen) atoms. The second-order valence-corrected chi connectivity index (χ2v) is 11.2. The molecule has 0 unspecified atom stereocenters. The summed E-state index contributed by atoms with van der Waals surface area (Å²) in [5.41, 5.74) is 3.76. The van der Waals surface area contributed by atoms with Crippen LogP contribution < -0.4 is 10.2 Å². The molecule has 0 spiro atoms. The SMILES string of the molecule is Cc1ccc(N2C(SCC(=O)Nc3cccc(Cl)c3)=N[C@@H]3CS(=O)(=O)C[C@H]32)c(C)c1. The van der Waals surface area contributed by atoms with Crippen LogP contribution in [-0.2, 0) is 14.6 Å². The summed E-state index contributed by atoms with van der Waals surface area (Å²) >= 11 is 7.29. The van der Waals surface area contributed by atoms with E-state index in [0.29, 0.717) is 15.9 Å². The average Bonchev–Trinajstić information content (AvgIpc) is 3.11. The van der Waals surface area contributed by atoms with E-state index in [-0.39, 0.29) is 35.2 Å². The Hall–Kier alpha value is -2.03. The topological polar surface area (TPSA) is 78.8 Å². The fraction of sp³-hybridized carbons (Fsp3) is 0.333. The van der Waals surface area contributed by atoms with Crippen molar-refractivity contribution in [1.82, 2.24) is 0 Å². The van der Waals surface area contributed by atoms with Crippen LogP contribution in [-0.4, -0.2) is 48.8 Å². The lowest BCUT2D eigenvalue weighted by molar-refractivity contribution is -0.113. The second-order valence-electron chi connectivity index (χ2n) is 7.63. The molecular weight excluding hydrogens is 442 g/mol. The van der Waals surface area contributed by atoms with Crippen molar-refractivity contribution in [3.63, 3.8) is 0 Å². The first-order valence-electron chi connectivity index (χ1n) is 9.55. The summed E-state index contributed by atoms with van der Waals surface area (Å²) < 4.78 is 24.4. The number of aliphatic imine (C=N–C) groups is 1. The average molecular weight is 464 g/mol. The zero-order valence-electron chi connectivity index (χ0n) is 16.6. The van der Waals surface area contributed by atoms with E-state index in [0.717, 1.165) is 16.8 Å². The molecule has 2 heterocycles. The Morgan fingerprint density at radius 2 is 2.03 bits per heavy atom. The number of amides is 1. The monoisotopic (exact) mass is 463 g/mol. The number of nitrogens with one attached hydrogen (secondary N) is 1. The third-order valence-corrected chi connectivity index (χ3v) is 8.06. The van der Waals surface area contributed by atoms with Crippen molar-refractivity contribution in [3.05, 3.63) is 58.6 Å². The largest absolute Gasteiger partial charge is 0.325 e. The number of thioether (sulfide) groups is 1. The van der Waals surface area contributed by atoms with Crippen LogP contribution in [0.1, 0.15) is 11.1 Å². The summed E-state index contributed by atoms with van der Waals surface area (Å²) in [6, 6.07) is 12.5. The van der Waals surface area contributed by atoms with Crippen LogP contribution in [0.4, 0.5) is 11.4 Å². The highest BCUT2D eigenvalue weighted by Gasteiger charge is 2.47. The van der Waals surface area contributed by atoms with Gasteiger partial charge in [-0.05, 0) is 43.7 Å². The highest BCUT2D eigenvalue weighted by atomic mass is 35.5. The minimum absolute atomic E-state index is 0.0534. The summed E-state index contributed by atoms with van der Waals surface area (Å²) in [5, 5.41) is 4.07. The van der Waals surface area contributed by atoms with Crippen molar-refractivity contribution < 1.29 is 13.2 Å². The number of hydrogen-bond donors (Lipinski definition) is 1. The summed E-state index contributed by atoms with van der Waals surface area (Å²) in [4.78, 5) is 19.1. The van der Waals surface area contributed by atoms with Crippen LogP contribution in [0.5, 0.6) is 0 Å². The Kier molecular flexibility index (Phi) is 5.83. The standard InChI is InChI=1S/C21H22ClN3O3S2/c1-13-6-7-18(14(2)8-13)25-19-12-30(27,28)11-17(19)24-21(25)29-10-20(26)23-16-5-3-4-15(22)9-16/h3-9,17,19H,10-12H2,1-2H3,(H,23,26)/t17-,19-/m1/s1. The zero-order valence-corrected chi connectivity index (χ0v) is 19.0. The highest BCUT2D eigenvalue weighted by molar-refractivity contribution is 8.14. The molecule has 0 aliphatic carbocycles. The minimum Gasteiger partial charge on any atom is -0.325 e. The minimum atomic E-state index is -3.12. The van der Waals surface area contributed by atoms with Gasteiger partial charge in [0.1, 0.15) is 0 Å². The Balaban J connectivity index is 1.53. The predicted molar refractivity (Wildman–Crippen MR) is 125 cm³/mol. The van der Waals surface area contributed by atoms with E-state index in [9.17, 15) is 13.2 Å². The first kappa shape index (κ1) is 21.2. The van der Waals surface area contributed by atoms with Crippen LogP contribution in [0.2, 0.25) is 5.02 Å². The summed E-state index contributed by atoms with van der Waals surface area (Å²) in [6.07, 6.45) is 0. The van der Waals surface area contributed by atoms with Crippen LogP contribution in [0.25, 0.3) is 0 Å². The van der Waals surface area contributed by atoms with Crippen molar-refractivity contribution in [1.29, 1.82) is 0 Å². The van der Waals surface area contributed by atoms with Gasteiger partial charge >= 0.3 is 0 Å². The molecule has 1 amide bonds. The number of fused-ring (bicyclic) bond motifs is 1. The lowest BCUT2D eigenvalue weighted by Crippen LogP contribution is -2.39. The number of aryl methyl sites for hydroxylation is 2. The molecule has 0 bridgehead atoms. The number of anilines is 2.